The van der Waals surface area contributed by atoms with Crippen molar-refractivity contribution in [2.24, 2.45) is 0 Å². The molecule has 1 aliphatic rings. The van der Waals surface area contributed by atoms with Gasteiger partial charge in [0.2, 0.25) is 0 Å². The van der Waals surface area contributed by atoms with Crippen LogP contribution in [0.3, 0.4) is 0 Å². The van der Waals surface area contributed by atoms with E-state index in [9.17, 15) is 0 Å². The van der Waals surface area contributed by atoms with Crippen LogP contribution in [0.5, 0.6) is 0 Å². The average molecular weight is 250 g/mol. The van der Waals surface area contributed by atoms with E-state index in [1.807, 2.05) is 18.2 Å². The van der Waals surface area contributed by atoms with E-state index < -0.39 is 0 Å². The van der Waals surface area contributed by atoms with Gasteiger partial charge in [-0.05, 0) is 25.0 Å². The van der Waals surface area contributed by atoms with E-state index in [-0.39, 0.29) is 0 Å². The average Bonchev–Trinajstić information content (AvgIpc) is 2.71. The smallest absolute Gasteiger partial charge is 0.257 e. The van der Waals surface area contributed by atoms with Gasteiger partial charge >= 0.3 is 0 Å². The summed E-state index contributed by atoms with van der Waals surface area (Å²) in [6.45, 7) is 1.68. The Labute approximate surface area is 104 Å². The number of thioether (sulfide) groups is 1. The first kappa shape index (κ1) is 10.9. The fraction of sp³-hybridized carbons (Fsp3) is 0.417. The zero-order chi connectivity index (χ0) is 11.7. The highest BCUT2D eigenvalue weighted by Crippen LogP contribution is 2.31. The topological polar surface area (TPSA) is 61.3 Å². The summed E-state index contributed by atoms with van der Waals surface area (Å²) in [6, 6.07) is 5.55. The van der Waals surface area contributed by atoms with Crippen LogP contribution in [0.25, 0.3) is 11.1 Å². The van der Waals surface area contributed by atoms with E-state index >= 15 is 0 Å². The van der Waals surface area contributed by atoms with Gasteiger partial charge < -0.3 is 14.9 Å². The van der Waals surface area contributed by atoms with Gasteiger partial charge in [0.15, 0.2) is 5.58 Å². The molecule has 0 amide bonds. The fourth-order valence-electron chi connectivity index (χ4n) is 1.91. The van der Waals surface area contributed by atoms with Crippen LogP contribution in [0.2, 0.25) is 0 Å². The minimum Gasteiger partial charge on any atom is -0.431 e. The molecule has 0 atom stereocenters. The Morgan fingerprint density at radius 2 is 2.12 bits per heavy atom. The number of anilines is 1. The molecular weight excluding hydrogens is 236 g/mol. The third-order valence-electron chi connectivity index (χ3n) is 2.83. The van der Waals surface area contributed by atoms with Gasteiger partial charge in [0.05, 0.1) is 0 Å². The highest BCUT2D eigenvalue weighted by Gasteiger charge is 2.18. The Morgan fingerprint density at radius 1 is 1.29 bits per heavy atom. The number of hydrogen-bond acceptors (Lipinski definition) is 5. The van der Waals surface area contributed by atoms with E-state index in [1.54, 1.807) is 11.8 Å². The molecule has 1 aromatic carbocycles. The number of nitrogens with zero attached hydrogens (tertiary/aromatic N) is 1. The molecule has 1 aliphatic heterocycles. The molecule has 17 heavy (non-hydrogen) atoms. The number of rotatable bonds is 2. The molecule has 2 heterocycles. The van der Waals surface area contributed by atoms with Gasteiger partial charge in [-0.15, -0.1) is 0 Å². The summed E-state index contributed by atoms with van der Waals surface area (Å²) in [6.07, 6.45) is 2.12. The van der Waals surface area contributed by atoms with Crippen LogP contribution in [-0.4, -0.2) is 23.4 Å². The van der Waals surface area contributed by atoms with E-state index in [2.05, 4.69) is 4.98 Å². The van der Waals surface area contributed by atoms with Crippen molar-refractivity contribution in [3.05, 3.63) is 18.2 Å². The first-order chi connectivity index (χ1) is 8.31. The molecule has 0 bridgehead atoms. The molecule has 0 unspecified atom stereocenters. The van der Waals surface area contributed by atoms with Crippen molar-refractivity contribution in [1.29, 1.82) is 0 Å². The predicted molar refractivity (Wildman–Crippen MR) is 68.1 cm³/mol. The van der Waals surface area contributed by atoms with E-state index in [0.717, 1.165) is 42.4 Å². The Hall–Kier alpha value is -1.20. The maximum absolute atomic E-state index is 5.71. The van der Waals surface area contributed by atoms with Crippen molar-refractivity contribution in [2.75, 3.05) is 18.9 Å². The molecule has 0 radical (unpaired) electrons. The molecule has 2 aromatic rings. The third-order valence-corrected chi connectivity index (χ3v) is 4.01. The first-order valence-electron chi connectivity index (χ1n) is 5.72. The molecular formula is C12H14N2O2S. The molecule has 1 aromatic heterocycles. The van der Waals surface area contributed by atoms with Crippen molar-refractivity contribution in [3.63, 3.8) is 0 Å². The number of aromatic nitrogens is 1. The van der Waals surface area contributed by atoms with Gasteiger partial charge in [-0.3, -0.25) is 0 Å². The Kier molecular flexibility index (Phi) is 2.94. The van der Waals surface area contributed by atoms with E-state index in [4.69, 9.17) is 14.9 Å². The monoisotopic (exact) mass is 250 g/mol. The summed E-state index contributed by atoms with van der Waals surface area (Å²) in [5.74, 6) is 0. The molecule has 0 aliphatic carbocycles. The molecule has 5 heteroatoms. The third kappa shape index (κ3) is 2.40. The second-order valence-electron chi connectivity index (χ2n) is 4.14. The van der Waals surface area contributed by atoms with E-state index in [0.29, 0.717) is 10.9 Å². The first-order valence-corrected chi connectivity index (χ1v) is 6.60. The Bertz CT molecular complexity index is 520. The molecule has 3 rings (SSSR count). The molecule has 0 spiro atoms. The number of fused-ring (bicyclic) bond motifs is 1. The number of nitrogens with two attached hydrogens (primary N) is 1. The summed E-state index contributed by atoms with van der Waals surface area (Å²) in [5.41, 5.74) is 8.04. The van der Waals surface area contributed by atoms with Crippen molar-refractivity contribution < 1.29 is 9.15 Å². The lowest BCUT2D eigenvalue weighted by atomic mass is 10.2. The number of benzene rings is 1. The molecule has 4 nitrogen and oxygen atoms in total. The largest absolute Gasteiger partial charge is 0.431 e. The number of oxazole rings is 1. The highest BCUT2D eigenvalue weighted by atomic mass is 32.2. The summed E-state index contributed by atoms with van der Waals surface area (Å²) in [4.78, 5) is 4.45. The van der Waals surface area contributed by atoms with Gasteiger partial charge in [-0.2, -0.15) is 0 Å². The number of nitrogen functional groups attached to an aromatic ring is 1. The lowest BCUT2D eigenvalue weighted by molar-refractivity contribution is 0.0998. The fourth-order valence-corrected chi connectivity index (χ4v) is 2.91. The van der Waals surface area contributed by atoms with Gasteiger partial charge in [0, 0.05) is 30.2 Å². The summed E-state index contributed by atoms with van der Waals surface area (Å²) in [7, 11) is 0. The maximum Gasteiger partial charge on any atom is 0.257 e. The number of hydrogen-bond donors (Lipinski definition) is 1. The van der Waals surface area contributed by atoms with Crippen LogP contribution >= 0.6 is 11.8 Å². The maximum atomic E-state index is 5.71. The van der Waals surface area contributed by atoms with Crippen molar-refractivity contribution in [2.45, 2.75) is 23.3 Å². The summed E-state index contributed by atoms with van der Waals surface area (Å²) in [5, 5.41) is 1.28. The van der Waals surface area contributed by atoms with Crippen LogP contribution in [0.1, 0.15) is 12.8 Å². The lowest BCUT2D eigenvalue weighted by Gasteiger charge is -2.19. The van der Waals surface area contributed by atoms with Crippen molar-refractivity contribution in [3.8, 4) is 0 Å². The number of ether oxygens (including phenoxy) is 1. The normalized spacial score (nSPS) is 17.6. The van der Waals surface area contributed by atoms with Crippen LogP contribution in [0.4, 0.5) is 5.69 Å². The Morgan fingerprint density at radius 3 is 2.94 bits per heavy atom. The quantitative estimate of drug-likeness (QED) is 0.830. The van der Waals surface area contributed by atoms with Crippen LogP contribution in [-0.2, 0) is 4.74 Å². The lowest BCUT2D eigenvalue weighted by Crippen LogP contribution is -2.17. The molecule has 1 saturated heterocycles. The van der Waals surface area contributed by atoms with Crippen molar-refractivity contribution in [1.82, 2.24) is 4.98 Å². The summed E-state index contributed by atoms with van der Waals surface area (Å²) >= 11 is 1.70. The SMILES string of the molecule is Nc1ccc2nc(SC3CCOCC3)oc2c1. The standard InChI is InChI=1S/C12H14N2O2S/c13-8-1-2-10-11(7-8)16-12(14-10)17-9-3-5-15-6-4-9/h1-2,7,9H,3-6,13H2. The van der Waals surface area contributed by atoms with Crippen molar-refractivity contribution >= 4 is 28.5 Å². The predicted octanol–water partition coefficient (Wildman–Crippen LogP) is 2.68. The van der Waals surface area contributed by atoms with Gasteiger partial charge in [-0.25, -0.2) is 4.98 Å². The highest BCUT2D eigenvalue weighted by molar-refractivity contribution is 7.99. The van der Waals surface area contributed by atoms with Crippen LogP contribution < -0.4 is 5.73 Å². The summed E-state index contributed by atoms with van der Waals surface area (Å²) < 4.78 is 11.0. The van der Waals surface area contributed by atoms with E-state index in [1.165, 1.54) is 0 Å². The van der Waals surface area contributed by atoms with Gasteiger partial charge in [0.1, 0.15) is 5.52 Å². The molecule has 90 valence electrons. The van der Waals surface area contributed by atoms with Gasteiger partial charge in [0.25, 0.3) is 5.22 Å². The minimum atomic E-state index is 0.550. The minimum absolute atomic E-state index is 0.550. The zero-order valence-electron chi connectivity index (χ0n) is 9.39. The Balaban J connectivity index is 1.80. The van der Waals surface area contributed by atoms with Crippen LogP contribution in [0, 0.1) is 0 Å². The second-order valence-corrected chi connectivity index (χ2v) is 5.39. The van der Waals surface area contributed by atoms with Gasteiger partial charge in [-0.1, -0.05) is 11.8 Å². The molecule has 1 fully saturated rings. The zero-order valence-corrected chi connectivity index (χ0v) is 10.2. The molecule has 2 N–H and O–H groups in total. The second kappa shape index (κ2) is 4.58. The molecule has 0 saturated carbocycles. The van der Waals surface area contributed by atoms with Crippen LogP contribution in [0.15, 0.2) is 27.8 Å².